The summed E-state index contributed by atoms with van der Waals surface area (Å²) in [5.41, 5.74) is 7.12. The van der Waals surface area contributed by atoms with Gasteiger partial charge in [0.05, 0.1) is 6.04 Å². The molecule has 0 aliphatic carbocycles. The van der Waals surface area contributed by atoms with Gasteiger partial charge < -0.3 is 10.2 Å². The zero-order valence-corrected chi connectivity index (χ0v) is 11.0. The average molecular weight is 251 g/mol. The second-order valence-electron chi connectivity index (χ2n) is 4.74. The van der Waals surface area contributed by atoms with Crippen molar-refractivity contribution in [1.82, 2.24) is 0 Å². The van der Waals surface area contributed by atoms with Gasteiger partial charge in [-0.2, -0.15) is 0 Å². The quantitative estimate of drug-likeness (QED) is 0.743. The summed E-state index contributed by atoms with van der Waals surface area (Å²) >= 11 is 0. The maximum absolute atomic E-state index is 6.00. The Morgan fingerprint density at radius 1 is 1.00 bits per heavy atom. The Labute approximate surface area is 112 Å². The van der Waals surface area contributed by atoms with E-state index < -0.39 is 0 Å². The number of fused-ring (bicyclic) bond motifs is 1. The molecule has 0 fully saturated rings. The number of furan rings is 1. The molecule has 0 saturated heterocycles. The van der Waals surface area contributed by atoms with Crippen LogP contribution in [-0.4, -0.2) is 0 Å². The van der Waals surface area contributed by atoms with Gasteiger partial charge in [-0.25, -0.2) is 0 Å². The molecule has 0 aliphatic heterocycles. The van der Waals surface area contributed by atoms with Gasteiger partial charge in [0.2, 0.25) is 0 Å². The lowest BCUT2D eigenvalue weighted by Gasteiger charge is -2.06. The molecular formula is C17H17NO. The smallest absolute Gasteiger partial charge is 0.134 e. The minimum atomic E-state index is -0.0243. The molecule has 0 aliphatic rings. The Balaban J connectivity index is 2.12. The van der Waals surface area contributed by atoms with E-state index in [4.69, 9.17) is 10.2 Å². The van der Waals surface area contributed by atoms with Crippen molar-refractivity contribution in [2.45, 2.75) is 19.4 Å². The number of benzene rings is 2. The first-order valence-corrected chi connectivity index (χ1v) is 6.63. The normalized spacial score (nSPS) is 12.7. The van der Waals surface area contributed by atoms with Gasteiger partial charge in [-0.05, 0) is 29.3 Å². The van der Waals surface area contributed by atoms with Crippen molar-refractivity contribution in [1.29, 1.82) is 0 Å². The van der Waals surface area contributed by atoms with Crippen LogP contribution < -0.4 is 5.73 Å². The summed E-state index contributed by atoms with van der Waals surface area (Å²) in [5.74, 6) is 1.74. The molecule has 3 rings (SSSR count). The number of rotatable bonds is 3. The first-order chi connectivity index (χ1) is 9.29. The molecule has 2 heteroatoms. The molecule has 1 atom stereocenters. The minimum absolute atomic E-state index is 0.0243. The molecule has 0 bridgehead atoms. The molecule has 19 heavy (non-hydrogen) atoms. The van der Waals surface area contributed by atoms with Gasteiger partial charge >= 0.3 is 0 Å². The van der Waals surface area contributed by atoms with Gasteiger partial charge in [-0.3, -0.25) is 0 Å². The predicted octanol–water partition coefficient (Wildman–Crippen LogP) is 4.51. The van der Waals surface area contributed by atoms with Crippen LogP contribution >= 0.6 is 0 Å². The highest BCUT2D eigenvalue weighted by atomic mass is 16.3. The van der Waals surface area contributed by atoms with Crippen LogP contribution in [0.5, 0.6) is 0 Å². The lowest BCUT2D eigenvalue weighted by atomic mass is 10.0. The fourth-order valence-corrected chi connectivity index (χ4v) is 2.34. The summed E-state index contributed by atoms with van der Waals surface area (Å²) in [6.45, 7) is 2.06. The van der Waals surface area contributed by atoms with E-state index in [0.29, 0.717) is 0 Å². The standard InChI is InChI=1S/C17H17NO/c1-2-15(18)17-11-10-16(19-17)14-9-5-7-12-6-3-4-8-13(12)14/h3-11,15H,2,18H2,1H3. The molecule has 0 spiro atoms. The van der Waals surface area contributed by atoms with E-state index in [1.807, 2.05) is 24.3 Å². The highest BCUT2D eigenvalue weighted by Gasteiger charge is 2.11. The molecule has 2 N–H and O–H groups in total. The molecule has 0 amide bonds. The lowest BCUT2D eigenvalue weighted by Crippen LogP contribution is -2.06. The summed E-state index contributed by atoms with van der Waals surface area (Å²) in [6.07, 6.45) is 0.877. The molecule has 1 heterocycles. The van der Waals surface area contributed by atoms with Crippen LogP contribution in [0.15, 0.2) is 59.0 Å². The highest BCUT2D eigenvalue weighted by Crippen LogP contribution is 2.31. The third-order valence-corrected chi connectivity index (χ3v) is 3.49. The fraction of sp³-hybridized carbons (Fsp3) is 0.176. The molecule has 1 aromatic heterocycles. The SMILES string of the molecule is CCC(N)c1ccc(-c2cccc3ccccc23)o1. The Morgan fingerprint density at radius 3 is 2.63 bits per heavy atom. The van der Waals surface area contributed by atoms with E-state index in [9.17, 15) is 0 Å². The molecule has 3 aromatic rings. The zero-order chi connectivity index (χ0) is 13.2. The zero-order valence-electron chi connectivity index (χ0n) is 11.0. The molecule has 2 aromatic carbocycles. The van der Waals surface area contributed by atoms with Crippen molar-refractivity contribution in [2.24, 2.45) is 5.73 Å². The maximum Gasteiger partial charge on any atom is 0.134 e. The van der Waals surface area contributed by atoms with Crippen LogP contribution in [0.4, 0.5) is 0 Å². The molecule has 0 saturated carbocycles. The molecule has 1 unspecified atom stereocenters. The molecular weight excluding hydrogens is 234 g/mol. The largest absolute Gasteiger partial charge is 0.459 e. The van der Waals surface area contributed by atoms with Gasteiger partial charge in [0, 0.05) is 5.56 Å². The Kier molecular flexibility index (Phi) is 3.10. The van der Waals surface area contributed by atoms with Gasteiger partial charge in [-0.1, -0.05) is 49.4 Å². The van der Waals surface area contributed by atoms with E-state index >= 15 is 0 Å². The van der Waals surface area contributed by atoms with E-state index in [0.717, 1.165) is 23.5 Å². The Morgan fingerprint density at radius 2 is 1.79 bits per heavy atom. The van der Waals surface area contributed by atoms with Crippen LogP contribution in [0.1, 0.15) is 25.1 Å². The van der Waals surface area contributed by atoms with E-state index in [-0.39, 0.29) is 6.04 Å². The van der Waals surface area contributed by atoms with Gasteiger partial charge in [0.25, 0.3) is 0 Å². The van der Waals surface area contributed by atoms with Crippen LogP contribution in [-0.2, 0) is 0 Å². The fourth-order valence-electron chi connectivity index (χ4n) is 2.34. The summed E-state index contributed by atoms with van der Waals surface area (Å²) < 4.78 is 5.91. The van der Waals surface area contributed by atoms with E-state index in [2.05, 4.69) is 37.3 Å². The topological polar surface area (TPSA) is 39.2 Å². The summed E-state index contributed by atoms with van der Waals surface area (Å²) in [5, 5.41) is 2.42. The van der Waals surface area contributed by atoms with Crippen LogP contribution in [0, 0.1) is 0 Å². The molecule has 2 nitrogen and oxygen atoms in total. The van der Waals surface area contributed by atoms with E-state index in [1.54, 1.807) is 0 Å². The van der Waals surface area contributed by atoms with E-state index in [1.165, 1.54) is 10.8 Å². The number of nitrogens with two attached hydrogens (primary N) is 1. The summed E-state index contributed by atoms with van der Waals surface area (Å²) in [6, 6.07) is 18.5. The third-order valence-electron chi connectivity index (χ3n) is 3.49. The number of hydrogen-bond donors (Lipinski definition) is 1. The highest BCUT2D eigenvalue weighted by molar-refractivity contribution is 5.95. The van der Waals surface area contributed by atoms with Crippen molar-refractivity contribution in [2.75, 3.05) is 0 Å². The second-order valence-corrected chi connectivity index (χ2v) is 4.74. The van der Waals surface area contributed by atoms with Crippen molar-refractivity contribution in [3.05, 3.63) is 60.4 Å². The number of hydrogen-bond acceptors (Lipinski definition) is 2. The van der Waals surface area contributed by atoms with Crippen LogP contribution in [0.2, 0.25) is 0 Å². The predicted molar refractivity (Wildman–Crippen MR) is 78.9 cm³/mol. The molecule has 96 valence electrons. The lowest BCUT2D eigenvalue weighted by molar-refractivity contribution is 0.470. The third kappa shape index (κ3) is 2.15. The van der Waals surface area contributed by atoms with Crippen molar-refractivity contribution < 1.29 is 4.42 Å². The minimum Gasteiger partial charge on any atom is -0.459 e. The first kappa shape index (κ1) is 12.0. The Hall–Kier alpha value is -2.06. The van der Waals surface area contributed by atoms with Crippen molar-refractivity contribution in [3.63, 3.8) is 0 Å². The maximum atomic E-state index is 6.00. The summed E-state index contributed by atoms with van der Waals surface area (Å²) in [7, 11) is 0. The average Bonchev–Trinajstić information content (AvgIpc) is 2.95. The van der Waals surface area contributed by atoms with Gasteiger partial charge in [0.15, 0.2) is 0 Å². The van der Waals surface area contributed by atoms with Crippen molar-refractivity contribution in [3.8, 4) is 11.3 Å². The second kappa shape index (κ2) is 4.90. The summed E-state index contributed by atoms with van der Waals surface area (Å²) in [4.78, 5) is 0. The van der Waals surface area contributed by atoms with Crippen LogP contribution in [0.3, 0.4) is 0 Å². The Bertz CT molecular complexity index is 694. The van der Waals surface area contributed by atoms with Gasteiger partial charge in [-0.15, -0.1) is 0 Å². The van der Waals surface area contributed by atoms with Gasteiger partial charge in [0.1, 0.15) is 11.5 Å². The van der Waals surface area contributed by atoms with Crippen molar-refractivity contribution >= 4 is 10.8 Å². The van der Waals surface area contributed by atoms with Crippen LogP contribution in [0.25, 0.3) is 22.1 Å². The molecule has 0 radical (unpaired) electrons. The monoisotopic (exact) mass is 251 g/mol. The first-order valence-electron chi connectivity index (χ1n) is 6.63.